The summed E-state index contributed by atoms with van der Waals surface area (Å²) in [6, 6.07) is 21.1. The van der Waals surface area contributed by atoms with Gasteiger partial charge in [-0.3, -0.25) is 4.90 Å². The van der Waals surface area contributed by atoms with Gasteiger partial charge in [-0.25, -0.2) is 0 Å². The number of halogens is 3. The Bertz CT molecular complexity index is 1140. The fraction of sp³-hybridized carbons (Fsp3) is 0.259. The monoisotopic (exact) mass is 419 g/mol. The average Bonchev–Trinajstić information content (AvgIpc) is 3.16. The van der Waals surface area contributed by atoms with Gasteiger partial charge >= 0.3 is 6.18 Å². The second kappa shape index (κ2) is 8.01. The predicted molar refractivity (Wildman–Crippen MR) is 119 cm³/mol. The van der Waals surface area contributed by atoms with E-state index in [1.165, 1.54) is 39.9 Å². The van der Waals surface area contributed by atoms with E-state index in [4.69, 9.17) is 0 Å². The minimum atomic E-state index is -4.30. The summed E-state index contributed by atoms with van der Waals surface area (Å²) in [4.78, 5) is 2.37. The SMILES string of the molecule is FC(F)(F)c1cccc(C2=CCN(CCc3ccc4c(c3)-c3ccccc3C4)CC2)c1. The second-order valence-corrected chi connectivity index (χ2v) is 8.43. The van der Waals surface area contributed by atoms with Crippen molar-refractivity contribution in [3.63, 3.8) is 0 Å². The standard InChI is InChI=1S/C27H24F3N/c28-27(29,30)24-6-3-5-21(18-24)20-11-14-31(15-12-20)13-10-19-8-9-23-17-22-4-1-2-7-25(22)26(23)16-19/h1-9,11,16,18H,10,12-15,17H2. The predicted octanol–water partition coefficient (Wildman–Crippen LogP) is 6.61. The molecule has 0 saturated heterocycles. The van der Waals surface area contributed by atoms with Crippen LogP contribution in [0.3, 0.4) is 0 Å². The normalized spacial score (nSPS) is 16.0. The van der Waals surface area contributed by atoms with E-state index in [-0.39, 0.29) is 0 Å². The molecule has 0 unspecified atom stereocenters. The average molecular weight is 419 g/mol. The van der Waals surface area contributed by atoms with Gasteiger partial charge in [-0.2, -0.15) is 13.2 Å². The van der Waals surface area contributed by atoms with Gasteiger partial charge in [0, 0.05) is 19.6 Å². The number of rotatable bonds is 4. The van der Waals surface area contributed by atoms with Crippen LogP contribution in [0.15, 0.2) is 72.8 Å². The fourth-order valence-electron chi connectivity index (χ4n) is 4.69. The summed E-state index contributed by atoms with van der Waals surface area (Å²) < 4.78 is 39.0. The lowest BCUT2D eigenvalue weighted by Gasteiger charge is -2.26. The minimum absolute atomic E-state index is 0.577. The number of hydrogen-bond donors (Lipinski definition) is 0. The Morgan fingerprint density at radius 2 is 1.68 bits per heavy atom. The summed E-state index contributed by atoms with van der Waals surface area (Å²) in [5, 5.41) is 0. The number of hydrogen-bond acceptors (Lipinski definition) is 1. The largest absolute Gasteiger partial charge is 0.416 e. The van der Waals surface area contributed by atoms with E-state index >= 15 is 0 Å². The van der Waals surface area contributed by atoms with Crippen molar-refractivity contribution in [3.8, 4) is 11.1 Å². The summed E-state index contributed by atoms with van der Waals surface area (Å²) in [6.45, 7) is 2.60. The van der Waals surface area contributed by atoms with Crippen molar-refractivity contribution >= 4 is 5.57 Å². The third-order valence-corrected chi connectivity index (χ3v) is 6.43. The van der Waals surface area contributed by atoms with Gasteiger partial charge in [0.1, 0.15) is 0 Å². The Balaban J connectivity index is 1.23. The zero-order chi connectivity index (χ0) is 21.4. The van der Waals surface area contributed by atoms with E-state index < -0.39 is 11.7 Å². The van der Waals surface area contributed by atoms with Crippen LogP contribution < -0.4 is 0 Å². The van der Waals surface area contributed by atoms with Gasteiger partial charge in [-0.15, -0.1) is 0 Å². The highest BCUT2D eigenvalue weighted by Crippen LogP contribution is 2.37. The molecule has 0 amide bonds. The van der Waals surface area contributed by atoms with Crippen molar-refractivity contribution in [2.75, 3.05) is 19.6 Å². The molecule has 31 heavy (non-hydrogen) atoms. The maximum Gasteiger partial charge on any atom is 0.416 e. The smallest absolute Gasteiger partial charge is 0.299 e. The van der Waals surface area contributed by atoms with Crippen molar-refractivity contribution in [1.29, 1.82) is 0 Å². The third kappa shape index (κ3) is 4.17. The van der Waals surface area contributed by atoms with Crippen LogP contribution in [0.5, 0.6) is 0 Å². The Kier molecular flexibility index (Phi) is 5.19. The molecule has 0 saturated carbocycles. The molecule has 5 rings (SSSR count). The lowest BCUT2D eigenvalue weighted by Crippen LogP contribution is -2.30. The lowest BCUT2D eigenvalue weighted by molar-refractivity contribution is -0.137. The van der Waals surface area contributed by atoms with Crippen LogP contribution in [0, 0.1) is 0 Å². The molecular weight excluding hydrogens is 395 g/mol. The molecule has 3 aromatic rings. The molecule has 1 aliphatic heterocycles. The third-order valence-electron chi connectivity index (χ3n) is 6.43. The summed E-state index contributed by atoms with van der Waals surface area (Å²) in [6.07, 6.45) is 0.549. The Morgan fingerprint density at radius 1 is 0.839 bits per heavy atom. The van der Waals surface area contributed by atoms with Gasteiger partial charge in [0.25, 0.3) is 0 Å². The van der Waals surface area contributed by atoms with Crippen LogP contribution in [0.25, 0.3) is 16.7 Å². The van der Waals surface area contributed by atoms with E-state index in [2.05, 4.69) is 53.4 Å². The van der Waals surface area contributed by atoms with E-state index in [9.17, 15) is 13.2 Å². The molecular formula is C27H24F3N. The molecule has 0 N–H and O–H groups in total. The Labute approximate surface area is 180 Å². The van der Waals surface area contributed by atoms with Crippen molar-refractivity contribution < 1.29 is 13.2 Å². The number of fused-ring (bicyclic) bond motifs is 3. The molecule has 3 aromatic carbocycles. The zero-order valence-electron chi connectivity index (χ0n) is 17.3. The van der Waals surface area contributed by atoms with E-state index in [0.29, 0.717) is 5.56 Å². The van der Waals surface area contributed by atoms with Crippen LogP contribution >= 0.6 is 0 Å². The number of benzene rings is 3. The highest BCUT2D eigenvalue weighted by atomic mass is 19.4. The second-order valence-electron chi connectivity index (χ2n) is 8.43. The maximum absolute atomic E-state index is 13.0. The van der Waals surface area contributed by atoms with E-state index in [1.54, 1.807) is 6.07 Å². The molecule has 158 valence electrons. The number of nitrogens with zero attached hydrogens (tertiary/aromatic N) is 1. The zero-order valence-corrected chi connectivity index (χ0v) is 17.3. The van der Waals surface area contributed by atoms with Crippen LogP contribution in [-0.4, -0.2) is 24.5 Å². The minimum Gasteiger partial charge on any atom is -0.299 e. The van der Waals surface area contributed by atoms with Gasteiger partial charge in [0.15, 0.2) is 0 Å². The molecule has 1 nitrogen and oxygen atoms in total. The van der Waals surface area contributed by atoms with Crippen LogP contribution in [0.1, 0.15) is 34.2 Å². The van der Waals surface area contributed by atoms with Crippen LogP contribution in [-0.2, 0) is 19.0 Å². The molecule has 0 spiro atoms. The Hall–Kier alpha value is -2.85. The highest BCUT2D eigenvalue weighted by Gasteiger charge is 2.30. The summed E-state index contributed by atoms with van der Waals surface area (Å²) in [5.41, 5.74) is 7.97. The van der Waals surface area contributed by atoms with Crippen LogP contribution in [0.2, 0.25) is 0 Å². The first-order valence-corrected chi connectivity index (χ1v) is 10.8. The lowest BCUT2D eigenvalue weighted by atomic mass is 9.97. The van der Waals surface area contributed by atoms with E-state index in [0.717, 1.165) is 50.5 Å². The van der Waals surface area contributed by atoms with Crippen molar-refractivity contribution in [2.45, 2.75) is 25.4 Å². The van der Waals surface area contributed by atoms with Gasteiger partial charge in [-0.1, -0.05) is 60.7 Å². The van der Waals surface area contributed by atoms with E-state index in [1.807, 2.05) is 0 Å². The molecule has 0 fully saturated rings. The Morgan fingerprint density at radius 3 is 2.48 bits per heavy atom. The van der Waals surface area contributed by atoms with Gasteiger partial charge in [0.2, 0.25) is 0 Å². The fourth-order valence-corrected chi connectivity index (χ4v) is 4.69. The molecule has 0 radical (unpaired) electrons. The molecule has 1 aliphatic carbocycles. The maximum atomic E-state index is 13.0. The summed E-state index contributed by atoms with van der Waals surface area (Å²) in [7, 11) is 0. The van der Waals surface area contributed by atoms with Crippen LogP contribution in [0.4, 0.5) is 13.2 Å². The van der Waals surface area contributed by atoms with Gasteiger partial charge in [-0.05, 0) is 70.3 Å². The first-order chi connectivity index (χ1) is 15.0. The van der Waals surface area contributed by atoms with Gasteiger partial charge in [0.05, 0.1) is 5.56 Å². The van der Waals surface area contributed by atoms with Crippen molar-refractivity contribution in [1.82, 2.24) is 4.90 Å². The van der Waals surface area contributed by atoms with Crippen molar-refractivity contribution in [3.05, 3.63) is 101 Å². The quantitative estimate of drug-likeness (QED) is 0.360. The molecule has 4 heteroatoms. The molecule has 0 bridgehead atoms. The summed E-state index contributed by atoms with van der Waals surface area (Å²) in [5.74, 6) is 0. The first kappa shape index (κ1) is 20.1. The summed E-state index contributed by atoms with van der Waals surface area (Å²) >= 11 is 0. The molecule has 0 aromatic heterocycles. The van der Waals surface area contributed by atoms with Gasteiger partial charge < -0.3 is 0 Å². The highest BCUT2D eigenvalue weighted by molar-refractivity contribution is 5.77. The topological polar surface area (TPSA) is 3.24 Å². The molecule has 0 atom stereocenters. The molecule has 1 heterocycles. The van der Waals surface area contributed by atoms with Crippen molar-refractivity contribution in [2.24, 2.45) is 0 Å². The molecule has 2 aliphatic rings. The first-order valence-electron chi connectivity index (χ1n) is 10.8. The number of alkyl halides is 3.